The average Bonchev–Trinajstić information content (AvgIpc) is 2.72. The second-order valence-corrected chi connectivity index (χ2v) is 5.57. The molecule has 3 rings (SSSR count). The topological polar surface area (TPSA) is 38.7 Å². The minimum absolute atomic E-state index is 0.600. The number of hydrogen-bond donors (Lipinski definition) is 1. The van der Waals surface area contributed by atoms with Crippen LogP contribution in [0.3, 0.4) is 0 Å². The largest absolute Gasteiger partial charge is 0.490 e. The molecular formula is C15H16O3S. The normalized spacial score (nSPS) is 15.9. The van der Waals surface area contributed by atoms with Gasteiger partial charge >= 0.3 is 0 Å². The van der Waals surface area contributed by atoms with E-state index in [4.69, 9.17) is 9.47 Å². The molecular weight excluding hydrogens is 260 g/mol. The third-order valence-corrected chi connectivity index (χ3v) is 4.31. The van der Waals surface area contributed by atoms with Crippen LogP contribution < -0.4 is 9.47 Å². The van der Waals surface area contributed by atoms with E-state index in [2.05, 4.69) is 0 Å². The Morgan fingerprint density at radius 1 is 1.16 bits per heavy atom. The van der Waals surface area contributed by atoms with E-state index in [0.29, 0.717) is 13.2 Å². The van der Waals surface area contributed by atoms with Crippen LogP contribution in [0.15, 0.2) is 29.6 Å². The highest BCUT2D eigenvalue weighted by Crippen LogP contribution is 2.35. The molecule has 0 radical (unpaired) electrons. The lowest BCUT2D eigenvalue weighted by atomic mass is 10.1. The van der Waals surface area contributed by atoms with Crippen LogP contribution in [0.5, 0.6) is 11.5 Å². The van der Waals surface area contributed by atoms with Crippen LogP contribution in [-0.4, -0.2) is 18.3 Å². The number of hydrogen-bond acceptors (Lipinski definition) is 4. The summed E-state index contributed by atoms with van der Waals surface area (Å²) >= 11 is 1.57. The van der Waals surface area contributed by atoms with Crippen LogP contribution in [0.2, 0.25) is 0 Å². The third-order valence-electron chi connectivity index (χ3n) is 3.24. The SMILES string of the molecule is Cc1ccsc1C(O)c1ccc2c(c1)OCCCO2. The lowest BCUT2D eigenvalue weighted by Crippen LogP contribution is -2.00. The molecule has 1 aliphatic rings. The molecule has 1 aromatic heterocycles. The van der Waals surface area contributed by atoms with E-state index >= 15 is 0 Å². The minimum atomic E-state index is -0.600. The van der Waals surface area contributed by atoms with Crippen LogP contribution >= 0.6 is 11.3 Å². The molecule has 2 heterocycles. The molecule has 4 heteroatoms. The number of rotatable bonds is 2. The Hall–Kier alpha value is -1.52. The Morgan fingerprint density at radius 3 is 2.68 bits per heavy atom. The van der Waals surface area contributed by atoms with Crippen molar-refractivity contribution >= 4 is 11.3 Å². The van der Waals surface area contributed by atoms with E-state index in [1.165, 1.54) is 0 Å². The number of fused-ring (bicyclic) bond motifs is 1. The van der Waals surface area contributed by atoms with Crippen LogP contribution in [0.25, 0.3) is 0 Å². The minimum Gasteiger partial charge on any atom is -0.490 e. The fourth-order valence-corrected chi connectivity index (χ4v) is 3.10. The second kappa shape index (κ2) is 5.23. The Bertz CT molecular complexity index is 577. The average molecular weight is 276 g/mol. The van der Waals surface area contributed by atoms with Gasteiger partial charge < -0.3 is 14.6 Å². The van der Waals surface area contributed by atoms with Gasteiger partial charge in [-0.15, -0.1) is 11.3 Å². The molecule has 0 amide bonds. The maximum atomic E-state index is 10.4. The number of ether oxygens (including phenoxy) is 2. The predicted octanol–water partition coefficient (Wildman–Crippen LogP) is 3.30. The molecule has 0 saturated carbocycles. The summed E-state index contributed by atoms with van der Waals surface area (Å²) in [5.41, 5.74) is 1.96. The number of benzene rings is 1. The maximum absolute atomic E-state index is 10.4. The van der Waals surface area contributed by atoms with Gasteiger partial charge in [0.2, 0.25) is 0 Å². The van der Waals surface area contributed by atoms with Crippen molar-refractivity contribution in [1.82, 2.24) is 0 Å². The summed E-state index contributed by atoms with van der Waals surface area (Å²) in [6.45, 7) is 3.35. The summed E-state index contributed by atoms with van der Waals surface area (Å²) in [4.78, 5) is 0.981. The fourth-order valence-electron chi connectivity index (χ4n) is 2.17. The molecule has 3 nitrogen and oxygen atoms in total. The molecule has 1 aliphatic heterocycles. The third kappa shape index (κ3) is 2.46. The molecule has 0 fully saturated rings. The molecule has 0 bridgehead atoms. The van der Waals surface area contributed by atoms with Crippen molar-refractivity contribution in [2.75, 3.05) is 13.2 Å². The highest BCUT2D eigenvalue weighted by Gasteiger charge is 2.18. The zero-order valence-electron chi connectivity index (χ0n) is 10.8. The molecule has 100 valence electrons. The van der Waals surface area contributed by atoms with Gasteiger partial charge in [0.05, 0.1) is 13.2 Å². The fraction of sp³-hybridized carbons (Fsp3) is 0.333. The zero-order valence-corrected chi connectivity index (χ0v) is 11.6. The van der Waals surface area contributed by atoms with Crippen molar-refractivity contribution < 1.29 is 14.6 Å². The monoisotopic (exact) mass is 276 g/mol. The highest BCUT2D eigenvalue weighted by atomic mass is 32.1. The Kier molecular flexibility index (Phi) is 3.44. The van der Waals surface area contributed by atoms with E-state index in [9.17, 15) is 5.11 Å². The molecule has 1 atom stereocenters. The summed E-state index contributed by atoms with van der Waals surface area (Å²) in [7, 11) is 0. The number of aryl methyl sites for hydroxylation is 1. The number of thiophene rings is 1. The first-order chi connectivity index (χ1) is 9.25. The van der Waals surface area contributed by atoms with Gasteiger partial charge in [-0.1, -0.05) is 6.07 Å². The molecule has 0 aliphatic carbocycles. The zero-order chi connectivity index (χ0) is 13.2. The Balaban J connectivity index is 1.93. The quantitative estimate of drug-likeness (QED) is 0.914. The molecule has 1 aromatic carbocycles. The summed E-state index contributed by atoms with van der Waals surface area (Å²) in [5, 5.41) is 12.4. The first kappa shape index (κ1) is 12.5. The lowest BCUT2D eigenvalue weighted by molar-refractivity contribution is 0.222. The Labute approximate surface area is 116 Å². The highest BCUT2D eigenvalue weighted by molar-refractivity contribution is 7.10. The van der Waals surface area contributed by atoms with Gasteiger partial charge in [0.1, 0.15) is 6.10 Å². The summed E-state index contributed by atoms with van der Waals surface area (Å²) in [5.74, 6) is 1.49. The van der Waals surface area contributed by atoms with Crippen molar-refractivity contribution in [2.45, 2.75) is 19.4 Å². The van der Waals surface area contributed by atoms with Gasteiger partial charge in [0.25, 0.3) is 0 Å². The van der Waals surface area contributed by atoms with E-state index in [1.807, 2.05) is 36.6 Å². The van der Waals surface area contributed by atoms with E-state index in [1.54, 1.807) is 11.3 Å². The number of aliphatic hydroxyl groups is 1. The van der Waals surface area contributed by atoms with Gasteiger partial charge in [-0.2, -0.15) is 0 Å². The smallest absolute Gasteiger partial charge is 0.161 e. The van der Waals surface area contributed by atoms with E-state index in [0.717, 1.165) is 33.9 Å². The van der Waals surface area contributed by atoms with Gasteiger partial charge in [-0.05, 0) is 41.6 Å². The maximum Gasteiger partial charge on any atom is 0.161 e. The first-order valence-electron chi connectivity index (χ1n) is 6.37. The van der Waals surface area contributed by atoms with Crippen LogP contribution in [0.1, 0.15) is 28.5 Å². The molecule has 0 spiro atoms. The van der Waals surface area contributed by atoms with Crippen molar-refractivity contribution in [1.29, 1.82) is 0 Å². The van der Waals surface area contributed by atoms with E-state index in [-0.39, 0.29) is 0 Å². The van der Waals surface area contributed by atoms with Gasteiger partial charge in [-0.3, -0.25) is 0 Å². The standard InChI is InChI=1S/C15H16O3S/c1-10-5-8-19-15(10)14(16)11-3-4-12-13(9-11)18-7-2-6-17-12/h3-5,8-9,14,16H,2,6-7H2,1H3. The van der Waals surface area contributed by atoms with Gasteiger partial charge in [-0.25, -0.2) is 0 Å². The van der Waals surface area contributed by atoms with E-state index < -0.39 is 6.10 Å². The predicted molar refractivity (Wildman–Crippen MR) is 75.2 cm³/mol. The Morgan fingerprint density at radius 2 is 1.95 bits per heavy atom. The first-order valence-corrected chi connectivity index (χ1v) is 7.25. The van der Waals surface area contributed by atoms with Crippen LogP contribution in [-0.2, 0) is 0 Å². The summed E-state index contributed by atoms with van der Waals surface area (Å²) in [6, 6.07) is 7.68. The van der Waals surface area contributed by atoms with Crippen molar-refractivity contribution in [3.8, 4) is 11.5 Å². The van der Waals surface area contributed by atoms with Crippen molar-refractivity contribution in [2.24, 2.45) is 0 Å². The van der Waals surface area contributed by atoms with Crippen molar-refractivity contribution in [3.05, 3.63) is 45.6 Å². The molecule has 1 unspecified atom stereocenters. The second-order valence-electron chi connectivity index (χ2n) is 4.63. The molecule has 19 heavy (non-hydrogen) atoms. The van der Waals surface area contributed by atoms with Crippen molar-refractivity contribution in [3.63, 3.8) is 0 Å². The molecule has 1 N–H and O–H groups in total. The van der Waals surface area contributed by atoms with Crippen LogP contribution in [0.4, 0.5) is 0 Å². The van der Waals surface area contributed by atoms with Gasteiger partial charge in [0.15, 0.2) is 11.5 Å². The molecule has 0 saturated heterocycles. The summed E-state index contributed by atoms with van der Waals surface area (Å²) < 4.78 is 11.2. The number of aliphatic hydroxyl groups excluding tert-OH is 1. The molecule has 2 aromatic rings. The van der Waals surface area contributed by atoms with Gasteiger partial charge in [0, 0.05) is 11.3 Å². The summed E-state index contributed by atoms with van der Waals surface area (Å²) in [6.07, 6.45) is 0.286. The van der Waals surface area contributed by atoms with Crippen LogP contribution in [0, 0.1) is 6.92 Å². The lowest BCUT2D eigenvalue weighted by Gasteiger charge is -2.14.